The maximum atomic E-state index is 11.8. The number of hydrogen-bond acceptors (Lipinski definition) is 4. The van der Waals surface area contributed by atoms with Crippen LogP contribution in [0.25, 0.3) is 28.2 Å². The minimum absolute atomic E-state index is 0.456. The predicted molar refractivity (Wildman–Crippen MR) is 84.4 cm³/mol. The summed E-state index contributed by atoms with van der Waals surface area (Å²) >= 11 is 6.26. The Balaban J connectivity index is 2.12. The second-order valence-corrected chi connectivity index (χ2v) is 5.47. The van der Waals surface area contributed by atoms with Gasteiger partial charge in [0.2, 0.25) is 0 Å². The summed E-state index contributed by atoms with van der Waals surface area (Å²) in [4.78, 5) is 24.1. The van der Waals surface area contributed by atoms with Crippen molar-refractivity contribution < 1.29 is 9.90 Å². The number of carbonyl (C=O) groups is 1. The molecule has 8 heteroatoms. The second kappa shape index (κ2) is 4.79. The molecule has 0 spiro atoms. The van der Waals surface area contributed by atoms with Gasteiger partial charge in [0.1, 0.15) is 24.2 Å². The van der Waals surface area contributed by atoms with Crippen LogP contribution in [-0.4, -0.2) is 35.3 Å². The molecule has 0 amide bonds. The van der Waals surface area contributed by atoms with Crippen LogP contribution in [0.5, 0.6) is 0 Å². The summed E-state index contributed by atoms with van der Waals surface area (Å²) in [5.41, 5.74) is 1.86. The highest BCUT2D eigenvalue weighted by Gasteiger charge is 2.22. The van der Waals surface area contributed by atoms with Gasteiger partial charge in [0.15, 0.2) is 5.82 Å². The molecule has 2 aliphatic heterocycles. The number of aromatic nitrogens is 5. The van der Waals surface area contributed by atoms with Crippen LogP contribution in [0.1, 0.15) is 5.56 Å². The number of nitrogens with zero attached hydrogens (tertiary/aromatic N) is 5. The molecule has 0 saturated carbocycles. The molecule has 0 unspecified atom stereocenters. The number of carboxylic acid groups (broad SMARTS) is 1. The van der Waals surface area contributed by atoms with Crippen LogP contribution < -0.4 is 0 Å². The predicted octanol–water partition coefficient (Wildman–Crippen LogP) is 3.21. The monoisotopic (exact) mass is 327 g/mol. The standard InChI is InChI=1S/C15H10ClN5O2/c1-8-12-9(16)3-2-4-11(12)21(15(22)23)14(8)20-5-10-13(19-7-20)18-6-17-10/h2-7H,1H3,(H,22,23). The van der Waals surface area contributed by atoms with E-state index < -0.39 is 6.09 Å². The highest BCUT2D eigenvalue weighted by molar-refractivity contribution is 6.36. The van der Waals surface area contributed by atoms with Gasteiger partial charge in [-0.05, 0) is 19.1 Å². The lowest BCUT2D eigenvalue weighted by Gasteiger charge is -2.10. The molecule has 0 fully saturated rings. The van der Waals surface area contributed by atoms with Crippen molar-refractivity contribution in [1.29, 1.82) is 0 Å². The number of rotatable bonds is 1. The Hall–Kier alpha value is -2.93. The lowest BCUT2D eigenvalue weighted by atomic mass is 10.2. The van der Waals surface area contributed by atoms with Crippen LogP contribution in [-0.2, 0) is 0 Å². The van der Waals surface area contributed by atoms with E-state index in [1.54, 1.807) is 29.0 Å². The molecule has 0 saturated heterocycles. The van der Waals surface area contributed by atoms with Crippen LogP contribution in [0, 0.1) is 6.92 Å². The molecular formula is C15H10ClN5O2. The SMILES string of the molecule is Cc1c(-n2cnc3ncnc-3c2)n(C(=O)O)c2cccc(Cl)c12. The molecule has 1 N–H and O–H groups in total. The van der Waals surface area contributed by atoms with Crippen LogP contribution in [0.4, 0.5) is 4.79 Å². The fourth-order valence-corrected chi connectivity index (χ4v) is 3.14. The van der Waals surface area contributed by atoms with Gasteiger partial charge in [0.05, 0.1) is 10.5 Å². The smallest absolute Gasteiger partial charge is 0.417 e. The average molecular weight is 328 g/mol. The van der Waals surface area contributed by atoms with E-state index in [2.05, 4.69) is 15.0 Å². The van der Waals surface area contributed by atoms with Crippen LogP contribution in [0.3, 0.4) is 0 Å². The third-order valence-corrected chi connectivity index (χ3v) is 4.08. The average Bonchev–Trinajstić information content (AvgIpc) is 3.09. The molecule has 2 aliphatic rings. The van der Waals surface area contributed by atoms with Crippen LogP contribution in [0.15, 0.2) is 37.1 Å². The van der Waals surface area contributed by atoms with E-state index in [4.69, 9.17) is 11.6 Å². The van der Waals surface area contributed by atoms with E-state index in [1.807, 2.05) is 6.92 Å². The minimum Gasteiger partial charge on any atom is -0.464 e. The van der Waals surface area contributed by atoms with Crippen molar-refractivity contribution in [2.75, 3.05) is 0 Å². The van der Waals surface area contributed by atoms with Gasteiger partial charge in [-0.15, -0.1) is 0 Å². The van der Waals surface area contributed by atoms with Gasteiger partial charge >= 0.3 is 6.09 Å². The van der Waals surface area contributed by atoms with E-state index in [0.29, 0.717) is 33.3 Å². The van der Waals surface area contributed by atoms with Gasteiger partial charge in [-0.2, -0.15) is 0 Å². The van der Waals surface area contributed by atoms with Gasteiger partial charge < -0.3 is 5.11 Å². The van der Waals surface area contributed by atoms with Crippen molar-refractivity contribution >= 4 is 28.6 Å². The maximum Gasteiger partial charge on any atom is 0.417 e. The summed E-state index contributed by atoms with van der Waals surface area (Å²) in [5.74, 6) is 0.966. The maximum absolute atomic E-state index is 11.8. The molecule has 0 atom stereocenters. The first-order valence-corrected chi connectivity index (χ1v) is 7.13. The second-order valence-electron chi connectivity index (χ2n) is 5.06. The third-order valence-electron chi connectivity index (χ3n) is 3.76. The number of aryl methyl sites for hydroxylation is 1. The van der Waals surface area contributed by atoms with Gasteiger partial charge in [-0.25, -0.2) is 24.3 Å². The zero-order valence-corrected chi connectivity index (χ0v) is 12.7. The number of hydrogen-bond donors (Lipinski definition) is 1. The Labute approximate surface area is 135 Å². The number of benzene rings is 1. The zero-order chi connectivity index (χ0) is 16.1. The van der Waals surface area contributed by atoms with E-state index in [9.17, 15) is 9.90 Å². The van der Waals surface area contributed by atoms with Crippen molar-refractivity contribution in [3.05, 3.63) is 47.6 Å². The molecule has 0 bridgehead atoms. The number of imidazole rings is 1. The number of fused-ring (bicyclic) bond motifs is 2. The van der Waals surface area contributed by atoms with E-state index >= 15 is 0 Å². The Bertz CT molecular complexity index is 1040. The molecule has 1 aromatic heterocycles. The van der Waals surface area contributed by atoms with Crippen LogP contribution in [0.2, 0.25) is 5.02 Å². The molecule has 2 aromatic rings. The summed E-state index contributed by atoms with van der Waals surface area (Å²) in [6.45, 7) is 1.83. The highest BCUT2D eigenvalue weighted by Crippen LogP contribution is 2.33. The fraction of sp³-hybridized carbons (Fsp3) is 0.0667. The Morgan fingerprint density at radius 3 is 2.87 bits per heavy atom. The lowest BCUT2D eigenvalue weighted by molar-refractivity contribution is 0.197. The van der Waals surface area contributed by atoms with Crippen molar-refractivity contribution in [1.82, 2.24) is 24.1 Å². The van der Waals surface area contributed by atoms with Crippen molar-refractivity contribution in [3.63, 3.8) is 0 Å². The quantitative estimate of drug-likeness (QED) is 0.580. The Morgan fingerprint density at radius 1 is 1.26 bits per heavy atom. The number of halogens is 1. The zero-order valence-electron chi connectivity index (χ0n) is 11.9. The first-order chi connectivity index (χ1) is 11.1. The summed E-state index contributed by atoms with van der Waals surface area (Å²) in [7, 11) is 0. The van der Waals surface area contributed by atoms with E-state index in [-0.39, 0.29) is 0 Å². The first kappa shape index (κ1) is 13.7. The first-order valence-electron chi connectivity index (χ1n) is 6.76. The topological polar surface area (TPSA) is 85.8 Å². The lowest BCUT2D eigenvalue weighted by Crippen LogP contribution is -2.14. The molecule has 0 radical (unpaired) electrons. The normalized spacial score (nSPS) is 11.4. The molecule has 0 aliphatic carbocycles. The molecule has 4 rings (SSSR count). The Kier molecular flexibility index (Phi) is 2.85. The van der Waals surface area contributed by atoms with E-state index in [1.165, 1.54) is 17.2 Å². The Morgan fingerprint density at radius 2 is 2.09 bits per heavy atom. The van der Waals surface area contributed by atoms with E-state index in [0.717, 1.165) is 5.56 Å². The van der Waals surface area contributed by atoms with Crippen LogP contribution >= 0.6 is 11.6 Å². The summed E-state index contributed by atoms with van der Waals surface area (Å²) in [6.07, 6.45) is 3.54. The molecular weight excluding hydrogens is 318 g/mol. The van der Waals surface area contributed by atoms with Crippen molar-refractivity contribution in [2.24, 2.45) is 0 Å². The molecule has 23 heavy (non-hydrogen) atoms. The summed E-state index contributed by atoms with van der Waals surface area (Å²) < 4.78 is 2.82. The largest absolute Gasteiger partial charge is 0.464 e. The molecule has 114 valence electrons. The third kappa shape index (κ3) is 1.90. The summed E-state index contributed by atoms with van der Waals surface area (Å²) in [5, 5.41) is 10.9. The van der Waals surface area contributed by atoms with Crippen molar-refractivity contribution in [2.45, 2.75) is 6.92 Å². The van der Waals surface area contributed by atoms with Crippen molar-refractivity contribution in [3.8, 4) is 17.3 Å². The highest BCUT2D eigenvalue weighted by atomic mass is 35.5. The minimum atomic E-state index is -1.10. The van der Waals surface area contributed by atoms with Gasteiger partial charge in [-0.1, -0.05) is 17.7 Å². The van der Waals surface area contributed by atoms with Gasteiger partial charge in [0, 0.05) is 17.1 Å². The summed E-state index contributed by atoms with van der Waals surface area (Å²) in [6, 6.07) is 5.18. The fourth-order valence-electron chi connectivity index (χ4n) is 2.82. The molecule has 3 heterocycles. The van der Waals surface area contributed by atoms with Gasteiger partial charge in [0.25, 0.3) is 0 Å². The van der Waals surface area contributed by atoms with Gasteiger partial charge in [-0.3, -0.25) is 4.57 Å². The molecule has 1 aromatic carbocycles. The molecule has 7 nitrogen and oxygen atoms in total.